The molecule has 0 radical (unpaired) electrons. The zero-order valence-corrected chi connectivity index (χ0v) is 22.0. The van der Waals surface area contributed by atoms with Gasteiger partial charge in [0.2, 0.25) is 0 Å². The van der Waals surface area contributed by atoms with Gasteiger partial charge in [0.15, 0.2) is 5.69 Å². The van der Waals surface area contributed by atoms with Crippen molar-refractivity contribution in [3.8, 4) is 0 Å². The first-order valence-corrected chi connectivity index (χ1v) is 13.9. The fraction of sp³-hybridized carbons (Fsp3) is 0.286. The van der Waals surface area contributed by atoms with Crippen molar-refractivity contribution in [3.63, 3.8) is 0 Å². The summed E-state index contributed by atoms with van der Waals surface area (Å²) in [6, 6.07) is 16.5. The molecule has 3 aromatic rings. The minimum Gasteiger partial charge on any atom is -0.477 e. The number of aromatic carboxylic acids is 1. The molecule has 3 rings (SSSR count). The molecule has 200 valence electrons. The first-order chi connectivity index (χ1) is 18.2. The number of nitrogens with zero attached hydrogens (tertiary/aromatic N) is 1. The molecule has 0 saturated heterocycles. The fourth-order valence-electron chi connectivity index (χ4n) is 3.85. The van der Waals surface area contributed by atoms with Gasteiger partial charge in [0.05, 0.1) is 10.5 Å². The number of aryl methyl sites for hydroxylation is 2. The molecule has 0 unspecified atom stereocenters. The van der Waals surface area contributed by atoms with Crippen molar-refractivity contribution in [2.45, 2.75) is 50.3 Å². The summed E-state index contributed by atoms with van der Waals surface area (Å²) in [4.78, 5) is 40.2. The summed E-state index contributed by atoms with van der Waals surface area (Å²) in [6.45, 7) is 2.48. The lowest BCUT2D eigenvalue weighted by molar-refractivity contribution is 0.0688. The van der Waals surface area contributed by atoms with Crippen molar-refractivity contribution in [1.29, 1.82) is 0 Å². The van der Waals surface area contributed by atoms with Crippen LogP contribution in [0.15, 0.2) is 71.8 Å². The number of carboxylic acid groups (broad SMARTS) is 1. The average molecular weight is 538 g/mol. The summed E-state index contributed by atoms with van der Waals surface area (Å²) in [5, 5.41) is 12.2. The molecule has 1 heterocycles. The van der Waals surface area contributed by atoms with Gasteiger partial charge in [-0.25, -0.2) is 22.9 Å². The first kappa shape index (κ1) is 28.5. The topological polar surface area (TPSA) is 143 Å². The first-order valence-electron chi connectivity index (χ1n) is 12.4. The number of pyridine rings is 1. The van der Waals surface area contributed by atoms with E-state index in [1.165, 1.54) is 35.9 Å². The highest BCUT2D eigenvalue weighted by Gasteiger charge is 2.21. The van der Waals surface area contributed by atoms with Crippen LogP contribution in [0.25, 0.3) is 0 Å². The van der Waals surface area contributed by atoms with E-state index in [1.807, 2.05) is 42.0 Å². The summed E-state index contributed by atoms with van der Waals surface area (Å²) in [5.41, 5.74) is 1.63. The van der Waals surface area contributed by atoms with Crippen LogP contribution in [0.4, 0.5) is 0 Å². The van der Waals surface area contributed by atoms with Crippen molar-refractivity contribution in [2.24, 2.45) is 0 Å². The Hall–Kier alpha value is -4.05. The molecular formula is C28H31N3O6S. The van der Waals surface area contributed by atoms with Crippen molar-refractivity contribution in [1.82, 2.24) is 15.0 Å². The number of carbonyl (C=O) groups is 3. The number of amides is 2. The summed E-state index contributed by atoms with van der Waals surface area (Å²) in [7, 11) is -4.24. The number of hydrogen-bond acceptors (Lipinski definition) is 6. The molecule has 0 aliphatic rings. The molecule has 38 heavy (non-hydrogen) atoms. The Morgan fingerprint density at radius 3 is 2.24 bits per heavy atom. The van der Waals surface area contributed by atoms with Gasteiger partial charge >= 0.3 is 5.97 Å². The zero-order valence-electron chi connectivity index (χ0n) is 21.1. The second kappa shape index (κ2) is 13.5. The van der Waals surface area contributed by atoms with Crippen LogP contribution in [0, 0.1) is 0 Å². The summed E-state index contributed by atoms with van der Waals surface area (Å²) in [6.07, 6.45) is 5.57. The second-order valence-corrected chi connectivity index (χ2v) is 10.5. The van der Waals surface area contributed by atoms with Crippen LogP contribution in [0.1, 0.15) is 74.9 Å². The van der Waals surface area contributed by atoms with E-state index in [0.717, 1.165) is 38.3 Å². The molecule has 2 aromatic carbocycles. The summed E-state index contributed by atoms with van der Waals surface area (Å²) < 4.78 is 27.5. The lowest BCUT2D eigenvalue weighted by Crippen LogP contribution is -2.31. The third-order valence-electron chi connectivity index (χ3n) is 5.91. The zero-order chi connectivity index (χ0) is 27.5. The molecule has 3 N–H and O–H groups in total. The number of benzene rings is 2. The molecular weight excluding hydrogens is 506 g/mol. The predicted octanol–water partition coefficient (Wildman–Crippen LogP) is 3.99. The van der Waals surface area contributed by atoms with Gasteiger partial charge in [-0.2, -0.15) is 0 Å². The van der Waals surface area contributed by atoms with Gasteiger partial charge < -0.3 is 10.4 Å². The second-order valence-electron chi connectivity index (χ2n) is 8.80. The maximum Gasteiger partial charge on any atom is 0.354 e. The molecule has 1 aromatic heterocycles. The van der Waals surface area contributed by atoms with Gasteiger partial charge in [-0.3, -0.25) is 9.59 Å². The van der Waals surface area contributed by atoms with Crippen LogP contribution >= 0.6 is 0 Å². The molecule has 9 nitrogen and oxygen atoms in total. The summed E-state index contributed by atoms with van der Waals surface area (Å²) in [5.74, 6) is -2.46. The van der Waals surface area contributed by atoms with Crippen LogP contribution in [-0.2, 0) is 22.9 Å². The highest BCUT2D eigenvalue weighted by atomic mass is 32.2. The van der Waals surface area contributed by atoms with Gasteiger partial charge in [-0.1, -0.05) is 50.1 Å². The molecule has 0 saturated carbocycles. The number of sulfonamides is 1. The maximum atomic E-state index is 12.8. The van der Waals surface area contributed by atoms with Crippen molar-refractivity contribution in [2.75, 3.05) is 6.54 Å². The van der Waals surface area contributed by atoms with E-state index in [2.05, 4.69) is 10.3 Å². The Morgan fingerprint density at radius 2 is 1.58 bits per heavy atom. The van der Waals surface area contributed by atoms with Crippen LogP contribution < -0.4 is 10.0 Å². The lowest BCUT2D eigenvalue weighted by Gasteiger charge is -2.10. The monoisotopic (exact) mass is 537 g/mol. The molecule has 10 heteroatoms. The predicted molar refractivity (Wildman–Crippen MR) is 143 cm³/mol. The average Bonchev–Trinajstić information content (AvgIpc) is 2.91. The Labute approximate surface area is 222 Å². The highest BCUT2D eigenvalue weighted by Crippen LogP contribution is 2.16. The molecule has 2 amide bonds. The number of carbonyl (C=O) groups excluding carboxylic acids is 2. The SMILES string of the molecule is CCCCCc1cc(C(=O)NS(=O)(=O)c2ccc(C(=O)NCCCc3ccccc3)cc2)cnc1C(=O)O. The minimum absolute atomic E-state index is 0.0587. The third kappa shape index (κ3) is 7.97. The number of carboxylic acids is 1. The third-order valence-corrected chi connectivity index (χ3v) is 7.25. The Morgan fingerprint density at radius 1 is 0.868 bits per heavy atom. The lowest BCUT2D eigenvalue weighted by atomic mass is 10.0. The van der Waals surface area contributed by atoms with E-state index in [9.17, 15) is 27.9 Å². The van der Waals surface area contributed by atoms with Gasteiger partial charge in [0, 0.05) is 18.3 Å². The van der Waals surface area contributed by atoms with Crippen LogP contribution in [-0.4, -0.2) is 42.8 Å². The molecule has 0 aliphatic heterocycles. The number of nitrogens with one attached hydrogen (secondary N) is 2. The standard InChI is InChI=1S/C28H31N3O6S/c1-2-3-5-12-22-18-23(19-30-25(22)28(34)35)27(33)31-38(36,37)24-15-13-21(14-16-24)26(32)29-17-8-11-20-9-6-4-7-10-20/h4,6-7,9-10,13-16,18-19H,2-3,5,8,11-12,17H2,1H3,(H,29,32)(H,31,33)(H,34,35). The smallest absolute Gasteiger partial charge is 0.354 e. The minimum atomic E-state index is -4.24. The van der Waals surface area contributed by atoms with Crippen LogP contribution in [0.2, 0.25) is 0 Å². The Bertz CT molecular complexity index is 1370. The van der Waals surface area contributed by atoms with E-state index in [1.54, 1.807) is 0 Å². The van der Waals surface area contributed by atoms with Crippen LogP contribution in [0.3, 0.4) is 0 Å². The van der Waals surface area contributed by atoms with E-state index in [4.69, 9.17) is 0 Å². The Kier molecular flexibility index (Phi) is 10.1. The fourth-order valence-corrected chi connectivity index (χ4v) is 4.82. The van der Waals surface area contributed by atoms with E-state index < -0.39 is 21.9 Å². The van der Waals surface area contributed by atoms with Gasteiger partial charge in [0.25, 0.3) is 21.8 Å². The normalized spacial score (nSPS) is 11.1. The maximum absolute atomic E-state index is 12.8. The molecule has 0 fully saturated rings. The quantitative estimate of drug-likeness (QED) is 0.280. The molecule has 0 spiro atoms. The number of rotatable bonds is 13. The highest BCUT2D eigenvalue weighted by molar-refractivity contribution is 7.90. The molecule has 0 atom stereocenters. The Balaban J connectivity index is 1.61. The number of hydrogen-bond donors (Lipinski definition) is 3. The summed E-state index contributed by atoms with van der Waals surface area (Å²) >= 11 is 0. The van der Waals surface area contributed by atoms with Crippen molar-refractivity contribution >= 4 is 27.8 Å². The van der Waals surface area contributed by atoms with E-state index >= 15 is 0 Å². The van der Waals surface area contributed by atoms with Gasteiger partial charge in [-0.05, 0) is 67.1 Å². The number of aromatic nitrogens is 1. The van der Waals surface area contributed by atoms with Crippen molar-refractivity contribution < 1.29 is 27.9 Å². The molecule has 0 bridgehead atoms. The number of unbranched alkanes of at least 4 members (excludes halogenated alkanes) is 2. The largest absolute Gasteiger partial charge is 0.477 e. The van der Waals surface area contributed by atoms with E-state index in [-0.39, 0.29) is 22.1 Å². The van der Waals surface area contributed by atoms with Gasteiger partial charge in [-0.15, -0.1) is 0 Å². The van der Waals surface area contributed by atoms with Gasteiger partial charge in [0.1, 0.15) is 0 Å². The van der Waals surface area contributed by atoms with Crippen LogP contribution in [0.5, 0.6) is 0 Å². The molecule has 0 aliphatic carbocycles. The van der Waals surface area contributed by atoms with Crippen molar-refractivity contribution in [3.05, 3.63) is 94.8 Å². The van der Waals surface area contributed by atoms with E-state index in [0.29, 0.717) is 24.1 Å².